The van der Waals surface area contributed by atoms with Crippen LogP contribution in [0.4, 0.5) is 0 Å². The highest BCUT2D eigenvalue weighted by atomic mass is 127. The first-order chi connectivity index (χ1) is 12.0. The van der Waals surface area contributed by atoms with Crippen LogP contribution in [-0.2, 0) is 16.1 Å². The first kappa shape index (κ1) is 22.2. The number of benzene rings is 1. The predicted octanol–water partition coefficient (Wildman–Crippen LogP) is 1.86. The van der Waals surface area contributed by atoms with E-state index in [1.54, 1.807) is 14.2 Å². The maximum atomic E-state index is 11.8. The molecule has 2 rings (SSSR count). The van der Waals surface area contributed by atoms with Crippen LogP contribution in [0.3, 0.4) is 0 Å². The smallest absolute Gasteiger partial charge is 0.229 e. The average molecular weight is 474 g/mol. The van der Waals surface area contributed by atoms with Crippen LogP contribution in [0.1, 0.15) is 24.8 Å². The van der Waals surface area contributed by atoms with Crippen molar-refractivity contribution >= 4 is 41.8 Å². The molecule has 0 saturated carbocycles. The maximum Gasteiger partial charge on any atom is 0.229 e. The van der Waals surface area contributed by atoms with Crippen molar-refractivity contribution < 1.29 is 14.3 Å². The summed E-state index contributed by atoms with van der Waals surface area (Å²) in [5.41, 5.74) is 1.13. The van der Waals surface area contributed by atoms with Crippen LogP contribution < -0.4 is 10.1 Å². The molecule has 2 amide bonds. The minimum atomic E-state index is -0.0837. The lowest BCUT2D eigenvalue weighted by molar-refractivity contribution is -0.147. The molecule has 0 aromatic heterocycles. The highest BCUT2D eigenvalue weighted by Gasteiger charge is 2.25. The minimum absolute atomic E-state index is 0. The fraction of sp³-hybridized carbons (Fsp3) is 0.500. The summed E-state index contributed by atoms with van der Waals surface area (Å²) in [6.45, 7) is 1.54. The van der Waals surface area contributed by atoms with Crippen LogP contribution in [0.2, 0.25) is 0 Å². The SMILES string of the molecule is CN=C(NCCN1C(=O)CCCC1=O)N(C)Cc1ccc(OC)cc1.I. The minimum Gasteiger partial charge on any atom is -0.497 e. The lowest BCUT2D eigenvalue weighted by Crippen LogP contribution is -2.46. The summed E-state index contributed by atoms with van der Waals surface area (Å²) in [7, 11) is 5.30. The van der Waals surface area contributed by atoms with Gasteiger partial charge >= 0.3 is 0 Å². The van der Waals surface area contributed by atoms with Gasteiger partial charge in [-0.2, -0.15) is 0 Å². The lowest BCUT2D eigenvalue weighted by atomic mass is 10.1. The summed E-state index contributed by atoms with van der Waals surface area (Å²) in [4.78, 5) is 31.2. The van der Waals surface area contributed by atoms with Gasteiger partial charge in [0, 0.05) is 46.6 Å². The van der Waals surface area contributed by atoms with Gasteiger partial charge in [-0.1, -0.05) is 12.1 Å². The van der Waals surface area contributed by atoms with Crippen LogP contribution in [0.25, 0.3) is 0 Å². The molecule has 1 aliphatic heterocycles. The Balaban J connectivity index is 0.00000338. The summed E-state index contributed by atoms with van der Waals surface area (Å²) < 4.78 is 5.16. The Kier molecular flexibility index (Phi) is 9.39. The Bertz CT molecular complexity index is 618. The predicted molar refractivity (Wildman–Crippen MR) is 112 cm³/mol. The molecule has 1 saturated heterocycles. The molecule has 1 aromatic carbocycles. The van der Waals surface area contributed by atoms with E-state index >= 15 is 0 Å². The van der Waals surface area contributed by atoms with Gasteiger partial charge in [0.1, 0.15) is 5.75 Å². The summed E-state index contributed by atoms with van der Waals surface area (Å²) >= 11 is 0. The molecule has 0 aliphatic carbocycles. The molecular formula is C18H27IN4O3. The molecule has 144 valence electrons. The normalized spacial score (nSPS) is 14.7. The molecule has 0 bridgehead atoms. The van der Waals surface area contributed by atoms with E-state index in [1.165, 1.54) is 4.90 Å². The van der Waals surface area contributed by atoms with Gasteiger partial charge in [-0.15, -0.1) is 24.0 Å². The molecule has 0 radical (unpaired) electrons. The number of aliphatic imine (C=N–C) groups is 1. The highest BCUT2D eigenvalue weighted by Crippen LogP contribution is 2.13. The number of methoxy groups -OCH3 is 1. The number of guanidine groups is 1. The zero-order chi connectivity index (χ0) is 18.2. The second kappa shape index (κ2) is 11.0. The van der Waals surface area contributed by atoms with Crippen molar-refractivity contribution in [3.8, 4) is 5.75 Å². The fourth-order valence-electron chi connectivity index (χ4n) is 2.79. The summed E-state index contributed by atoms with van der Waals surface area (Å²) in [5.74, 6) is 1.37. The fourth-order valence-corrected chi connectivity index (χ4v) is 2.79. The lowest BCUT2D eigenvalue weighted by Gasteiger charge is -2.26. The third-order valence-corrected chi connectivity index (χ3v) is 4.15. The third kappa shape index (κ3) is 6.15. The van der Waals surface area contributed by atoms with E-state index in [9.17, 15) is 9.59 Å². The number of carbonyl (C=O) groups excluding carboxylic acids is 2. The third-order valence-electron chi connectivity index (χ3n) is 4.15. The first-order valence-corrected chi connectivity index (χ1v) is 8.43. The number of likely N-dealkylation sites (tertiary alicyclic amines) is 1. The average Bonchev–Trinajstić information content (AvgIpc) is 2.61. The molecule has 1 heterocycles. The van der Waals surface area contributed by atoms with E-state index in [1.807, 2.05) is 36.2 Å². The van der Waals surface area contributed by atoms with E-state index in [0.717, 1.165) is 11.3 Å². The van der Waals surface area contributed by atoms with Gasteiger partial charge < -0.3 is 15.0 Å². The Morgan fingerprint density at radius 1 is 1.23 bits per heavy atom. The van der Waals surface area contributed by atoms with Crippen molar-refractivity contribution in [1.29, 1.82) is 0 Å². The zero-order valence-corrected chi connectivity index (χ0v) is 17.9. The molecule has 0 spiro atoms. The number of ether oxygens (including phenoxy) is 1. The van der Waals surface area contributed by atoms with Crippen LogP contribution in [0, 0.1) is 0 Å². The van der Waals surface area contributed by atoms with Gasteiger partial charge in [0.25, 0.3) is 0 Å². The molecule has 7 nitrogen and oxygen atoms in total. The number of imide groups is 1. The molecular weight excluding hydrogens is 447 g/mol. The number of nitrogens with zero attached hydrogens (tertiary/aromatic N) is 3. The van der Waals surface area contributed by atoms with Crippen molar-refractivity contribution in [1.82, 2.24) is 15.1 Å². The molecule has 1 N–H and O–H groups in total. The number of piperidine rings is 1. The number of hydrogen-bond donors (Lipinski definition) is 1. The van der Waals surface area contributed by atoms with Gasteiger partial charge in [-0.25, -0.2) is 0 Å². The van der Waals surface area contributed by atoms with Gasteiger partial charge in [0.15, 0.2) is 5.96 Å². The van der Waals surface area contributed by atoms with Gasteiger partial charge in [0.2, 0.25) is 11.8 Å². The second-order valence-electron chi connectivity index (χ2n) is 5.97. The second-order valence-corrected chi connectivity index (χ2v) is 5.97. The van der Waals surface area contributed by atoms with E-state index in [-0.39, 0.29) is 35.8 Å². The number of amides is 2. The van der Waals surface area contributed by atoms with Crippen LogP contribution in [0.5, 0.6) is 5.75 Å². The Morgan fingerprint density at radius 2 is 1.85 bits per heavy atom. The summed E-state index contributed by atoms with van der Waals surface area (Å²) in [6, 6.07) is 7.86. The van der Waals surface area contributed by atoms with Crippen molar-refractivity contribution in [2.75, 3.05) is 34.3 Å². The quantitative estimate of drug-likeness (QED) is 0.295. The number of nitrogens with one attached hydrogen (secondary N) is 1. The summed E-state index contributed by atoms with van der Waals surface area (Å²) in [5, 5.41) is 3.21. The highest BCUT2D eigenvalue weighted by molar-refractivity contribution is 14.0. The Labute approximate surface area is 171 Å². The van der Waals surface area contributed by atoms with Gasteiger partial charge in [-0.05, 0) is 24.1 Å². The monoisotopic (exact) mass is 474 g/mol. The number of carbonyl (C=O) groups is 2. The molecule has 1 aliphatic rings. The van der Waals surface area contributed by atoms with Crippen LogP contribution >= 0.6 is 24.0 Å². The van der Waals surface area contributed by atoms with Crippen LogP contribution in [0.15, 0.2) is 29.3 Å². The maximum absolute atomic E-state index is 11.8. The topological polar surface area (TPSA) is 74.2 Å². The number of rotatable bonds is 6. The Hall–Kier alpha value is -1.84. The molecule has 26 heavy (non-hydrogen) atoms. The van der Waals surface area contributed by atoms with E-state index < -0.39 is 0 Å². The molecule has 0 unspecified atom stereocenters. The van der Waals surface area contributed by atoms with Crippen molar-refractivity contribution in [3.63, 3.8) is 0 Å². The van der Waals surface area contributed by atoms with Gasteiger partial charge in [0.05, 0.1) is 7.11 Å². The first-order valence-electron chi connectivity index (χ1n) is 8.43. The number of halogens is 1. The van der Waals surface area contributed by atoms with E-state index in [0.29, 0.717) is 44.9 Å². The van der Waals surface area contributed by atoms with Crippen molar-refractivity contribution in [2.24, 2.45) is 4.99 Å². The number of hydrogen-bond acceptors (Lipinski definition) is 4. The largest absolute Gasteiger partial charge is 0.497 e. The molecule has 1 fully saturated rings. The van der Waals surface area contributed by atoms with E-state index in [4.69, 9.17) is 4.74 Å². The molecule has 1 aromatic rings. The van der Waals surface area contributed by atoms with Gasteiger partial charge in [-0.3, -0.25) is 19.5 Å². The summed E-state index contributed by atoms with van der Waals surface area (Å²) in [6.07, 6.45) is 1.57. The van der Waals surface area contributed by atoms with Crippen molar-refractivity contribution in [2.45, 2.75) is 25.8 Å². The molecule has 8 heteroatoms. The van der Waals surface area contributed by atoms with E-state index in [2.05, 4.69) is 10.3 Å². The standard InChI is InChI=1S/C18H26N4O3.HI/c1-19-18(20-11-12-22-16(23)5-4-6-17(22)24)21(2)13-14-7-9-15(25-3)10-8-14;/h7-10H,4-6,11-13H2,1-3H3,(H,19,20);1H. The van der Waals surface area contributed by atoms with Crippen molar-refractivity contribution in [3.05, 3.63) is 29.8 Å². The van der Waals surface area contributed by atoms with Crippen LogP contribution in [-0.4, -0.2) is 61.9 Å². The molecule has 0 atom stereocenters. The Morgan fingerprint density at radius 3 is 2.38 bits per heavy atom. The zero-order valence-electron chi connectivity index (χ0n) is 15.5.